The quantitative estimate of drug-likeness (QED) is 0.401. The fourth-order valence-corrected chi connectivity index (χ4v) is 4.52. The molecule has 1 N–H and O–H groups in total. The van der Waals surface area contributed by atoms with Gasteiger partial charge >= 0.3 is 0 Å². The highest BCUT2D eigenvalue weighted by Gasteiger charge is 2.19. The van der Waals surface area contributed by atoms with Crippen LogP contribution < -0.4 is 4.72 Å². The molecule has 9 heteroatoms. The Hall–Kier alpha value is -2.25. The molecular weight excluding hydrogens is 453 g/mol. The highest BCUT2D eigenvalue weighted by Crippen LogP contribution is 2.26. The number of rotatable bonds is 5. The second-order valence-corrected chi connectivity index (χ2v) is 9.29. The SMILES string of the molecule is O=S(=O)(Nc1nn(Cc2ccc(Cl)c(Cl)c2)cc1Cl)c1ccc2ccccc2c1. The highest BCUT2D eigenvalue weighted by molar-refractivity contribution is 7.92. The van der Waals surface area contributed by atoms with Gasteiger partial charge < -0.3 is 0 Å². The molecule has 0 saturated carbocycles. The van der Waals surface area contributed by atoms with Gasteiger partial charge in [0.05, 0.1) is 21.5 Å². The van der Waals surface area contributed by atoms with Gasteiger partial charge in [0.2, 0.25) is 0 Å². The molecule has 3 aromatic carbocycles. The molecule has 0 spiro atoms. The average molecular weight is 467 g/mol. The second kappa shape index (κ2) is 7.88. The molecule has 0 fully saturated rings. The third-order valence-electron chi connectivity index (χ3n) is 4.31. The lowest BCUT2D eigenvalue weighted by Crippen LogP contribution is -2.14. The van der Waals surface area contributed by atoms with Gasteiger partial charge in [-0.3, -0.25) is 9.40 Å². The van der Waals surface area contributed by atoms with Crippen molar-refractivity contribution >= 4 is 61.4 Å². The van der Waals surface area contributed by atoms with Crippen molar-refractivity contribution in [1.82, 2.24) is 9.78 Å². The first-order valence-electron chi connectivity index (χ1n) is 8.50. The summed E-state index contributed by atoms with van der Waals surface area (Å²) in [6, 6.07) is 17.7. The van der Waals surface area contributed by atoms with Crippen LogP contribution in [-0.2, 0) is 16.6 Å². The van der Waals surface area contributed by atoms with E-state index in [9.17, 15) is 8.42 Å². The van der Waals surface area contributed by atoms with Gasteiger partial charge in [0.15, 0.2) is 5.82 Å². The van der Waals surface area contributed by atoms with Gasteiger partial charge in [-0.05, 0) is 40.6 Å². The van der Waals surface area contributed by atoms with Crippen LogP contribution >= 0.6 is 34.8 Å². The molecule has 0 atom stereocenters. The van der Waals surface area contributed by atoms with Gasteiger partial charge in [0, 0.05) is 6.20 Å². The molecule has 0 radical (unpaired) electrons. The summed E-state index contributed by atoms with van der Waals surface area (Å²) >= 11 is 18.2. The van der Waals surface area contributed by atoms with E-state index in [2.05, 4.69) is 9.82 Å². The zero-order valence-electron chi connectivity index (χ0n) is 14.8. The topological polar surface area (TPSA) is 64.0 Å². The third-order valence-corrected chi connectivity index (χ3v) is 6.66. The second-order valence-electron chi connectivity index (χ2n) is 6.39. The van der Waals surface area contributed by atoms with Crippen molar-refractivity contribution in [3.8, 4) is 0 Å². The number of hydrogen-bond donors (Lipinski definition) is 1. The lowest BCUT2D eigenvalue weighted by Gasteiger charge is -2.07. The summed E-state index contributed by atoms with van der Waals surface area (Å²) in [7, 11) is -3.85. The minimum absolute atomic E-state index is 0.0554. The third kappa shape index (κ3) is 4.36. The molecule has 1 heterocycles. The summed E-state index contributed by atoms with van der Waals surface area (Å²) in [4.78, 5) is 0.131. The van der Waals surface area contributed by atoms with Crippen molar-refractivity contribution in [2.75, 3.05) is 4.72 Å². The largest absolute Gasteiger partial charge is 0.265 e. The predicted octanol–water partition coefficient (Wildman–Crippen LogP) is 5.85. The molecule has 4 rings (SSSR count). The molecule has 0 unspecified atom stereocenters. The highest BCUT2D eigenvalue weighted by atomic mass is 35.5. The van der Waals surface area contributed by atoms with Crippen LogP contribution in [-0.4, -0.2) is 18.2 Å². The minimum Gasteiger partial charge on any atom is -0.265 e. The summed E-state index contributed by atoms with van der Waals surface area (Å²) in [6.07, 6.45) is 1.54. The predicted molar refractivity (Wildman–Crippen MR) is 118 cm³/mol. The zero-order chi connectivity index (χ0) is 20.6. The maximum absolute atomic E-state index is 12.8. The van der Waals surface area contributed by atoms with Crippen LogP contribution in [0.25, 0.3) is 10.8 Å². The maximum atomic E-state index is 12.8. The number of fused-ring (bicyclic) bond motifs is 1. The Kier molecular flexibility index (Phi) is 5.44. The Bertz CT molecular complexity index is 1320. The Morgan fingerprint density at radius 2 is 1.62 bits per heavy atom. The molecule has 29 heavy (non-hydrogen) atoms. The van der Waals surface area contributed by atoms with Crippen LogP contribution in [0.5, 0.6) is 0 Å². The number of anilines is 1. The number of aromatic nitrogens is 2. The molecule has 0 saturated heterocycles. The van der Waals surface area contributed by atoms with Crippen molar-refractivity contribution in [3.63, 3.8) is 0 Å². The summed E-state index contributed by atoms with van der Waals surface area (Å²) in [5.74, 6) is 0.0554. The van der Waals surface area contributed by atoms with Gasteiger partial charge in [-0.15, -0.1) is 0 Å². The minimum atomic E-state index is -3.85. The number of nitrogens with one attached hydrogen (secondary N) is 1. The van der Waals surface area contributed by atoms with Crippen LogP contribution in [0.4, 0.5) is 5.82 Å². The standard InChI is InChI=1S/C20H14Cl3N3O2S/c21-17-8-5-13(9-18(17)22)11-26-12-19(23)20(24-26)25-29(27,28)16-7-6-14-3-1-2-4-15(14)10-16/h1-10,12H,11H2,(H,24,25). The summed E-state index contributed by atoms with van der Waals surface area (Å²) < 4.78 is 29.6. The van der Waals surface area contributed by atoms with Crippen LogP contribution in [0, 0.1) is 0 Å². The molecule has 1 aromatic heterocycles. The van der Waals surface area contributed by atoms with Crippen LogP contribution in [0.15, 0.2) is 71.8 Å². The van der Waals surface area contributed by atoms with E-state index in [1.54, 1.807) is 36.5 Å². The number of benzene rings is 3. The Labute approximate surface area is 182 Å². The molecule has 0 aliphatic rings. The monoisotopic (exact) mass is 465 g/mol. The summed E-state index contributed by atoms with van der Waals surface area (Å²) in [6.45, 7) is 0.355. The van der Waals surface area contributed by atoms with Gasteiger partial charge in [-0.1, -0.05) is 71.2 Å². The van der Waals surface area contributed by atoms with Crippen molar-refractivity contribution in [1.29, 1.82) is 0 Å². The summed E-state index contributed by atoms with van der Waals surface area (Å²) in [5, 5.41) is 7.10. The number of sulfonamides is 1. The van der Waals surface area contributed by atoms with Crippen LogP contribution in [0.3, 0.4) is 0 Å². The molecule has 0 bridgehead atoms. The van der Waals surface area contributed by atoms with E-state index < -0.39 is 10.0 Å². The number of hydrogen-bond acceptors (Lipinski definition) is 3. The lowest BCUT2D eigenvalue weighted by molar-refractivity contribution is 0.600. The van der Waals surface area contributed by atoms with Gasteiger partial charge in [-0.2, -0.15) is 5.10 Å². The van der Waals surface area contributed by atoms with E-state index in [0.29, 0.717) is 16.6 Å². The lowest BCUT2D eigenvalue weighted by atomic mass is 10.1. The Balaban J connectivity index is 1.59. The maximum Gasteiger partial charge on any atom is 0.263 e. The van der Waals surface area contributed by atoms with Crippen molar-refractivity contribution in [2.24, 2.45) is 0 Å². The van der Waals surface area contributed by atoms with Gasteiger partial charge in [0.1, 0.15) is 5.02 Å². The Morgan fingerprint density at radius 3 is 2.38 bits per heavy atom. The van der Waals surface area contributed by atoms with E-state index >= 15 is 0 Å². The molecule has 5 nitrogen and oxygen atoms in total. The van der Waals surface area contributed by atoms with E-state index in [0.717, 1.165) is 16.3 Å². The van der Waals surface area contributed by atoms with E-state index in [1.165, 1.54) is 4.68 Å². The van der Waals surface area contributed by atoms with E-state index in [1.807, 2.05) is 30.3 Å². The molecular formula is C20H14Cl3N3O2S. The first-order valence-corrected chi connectivity index (χ1v) is 11.1. The van der Waals surface area contributed by atoms with E-state index in [-0.39, 0.29) is 15.7 Å². The van der Waals surface area contributed by atoms with Crippen molar-refractivity contribution in [3.05, 3.63) is 87.5 Å². The summed E-state index contributed by atoms with van der Waals surface area (Å²) in [5.41, 5.74) is 0.850. The number of nitrogens with zero attached hydrogens (tertiary/aromatic N) is 2. The van der Waals surface area contributed by atoms with Gasteiger partial charge in [-0.25, -0.2) is 8.42 Å². The van der Waals surface area contributed by atoms with Gasteiger partial charge in [0.25, 0.3) is 10.0 Å². The molecule has 0 amide bonds. The molecule has 4 aromatic rings. The van der Waals surface area contributed by atoms with Crippen LogP contribution in [0.1, 0.15) is 5.56 Å². The Morgan fingerprint density at radius 1 is 0.862 bits per heavy atom. The molecule has 0 aliphatic heterocycles. The molecule has 0 aliphatic carbocycles. The fraction of sp³-hybridized carbons (Fsp3) is 0.0500. The van der Waals surface area contributed by atoms with E-state index in [4.69, 9.17) is 34.8 Å². The van der Waals surface area contributed by atoms with Crippen molar-refractivity contribution in [2.45, 2.75) is 11.4 Å². The first-order chi connectivity index (χ1) is 13.8. The normalized spacial score (nSPS) is 11.7. The first kappa shape index (κ1) is 20.0. The average Bonchev–Trinajstić information content (AvgIpc) is 3.02. The molecule has 148 valence electrons. The van der Waals surface area contributed by atoms with Crippen LogP contribution in [0.2, 0.25) is 15.1 Å². The number of halogens is 3. The fourth-order valence-electron chi connectivity index (χ4n) is 2.89. The zero-order valence-corrected chi connectivity index (χ0v) is 17.9. The van der Waals surface area contributed by atoms with Crippen molar-refractivity contribution < 1.29 is 8.42 Å². The smallest absolute Gasteiger partial charge is 0.263 e.